The van der Waals surface area contributed by atoms with E-state index in [9.17, 15) is 18.4 Å². The summed E-state index contributed by atoms with van der Waals surface area (Å²) >= 11 is 0. The number of alkyl halides is 2. The van der Waals surface area contributed by atoms with Gasteiger partial charge in [0.05, 0.1) is 18.8 Å². The van der Waals surface area contributed by atoms with E-state index in [0.29, 0.717) is 24.5 Å². The lowest BCUT2D eigenvalue weighted by Crippen LogP contribution is -2.41. The summed E-state index contributed by atoms with van der Waals surface area (Å²) in [5.41, 5.74) is 2.09. The number of anilines is 1. The summed E-state index contributed by atoms with van der Waals surface area (Å²) < 4.78 is 35.9. The first-order valence-corrected chi connectivity index (χ1v) is 10.0. The molecule has 2 N–H and O–H groups in total. The zero-order valence-electron chi connectivity index (χ0n) is 17.2. The third-order valence-electron chi connectivity index (χ3n) is 5.03. The number of amides is 2. The van der Waals surface area contributed by atoms with Crippen LogP contribution in [0.5, 0.6) is 5.75 Å². The van der Waals surface area contributed by atoms with Gasteiger partial charge in [0.25, 0.3) is 5.91 Å². The number of nitrogens with one attached hydrogen (secondary N) is 1. The summed E-state index contributed by atoms with van der Waals surface area (Å²) in [4.78, 5) is 25.0. The van der Waals surface area contributed by atoms with Crippen molar-refractivity contribution >= 4 is 17.7 Å². The molecular weight excluding hydrogens is 438 g/mol. The van der Waals surface area contributed by atoms with Crippen molar-refractivity contribution in [2.75, 3.05) is 25.0 Å². The lowest BCUT2D eigenvalue weighted by molar-refractivity contribution is -0.0498. The molecule has 0 spiro atoms. The van der Waals surface area contributed by atoms with Gasteiger partial charge >= 0.3 is 12.7 Å². The average Bonchev–Trinajstić information content (AvgIpc) is 3.30. The molecule has 11 heteroatoms. The predicted octanol–water partition coefficient (Wildman–Crippen LogP) is 3.78. The second kappa shape index (κ2) is 9.65. The molecule has 1 aliphatic heterocycles. The zero-order valence-corrected chi connectivity index (χ0v) is 17.2. The quantitative estimate of drug-likeness (QED) is 0.583. The van der Waals surface area contributed by atoms with Crippen LogP contribution in [0.1, 0.15) is 22.2 Å². The number of carbonyl (C=O) groups is 2. The van der Waals surface area contributed by atoms with Crippen LogP contribution in [0.4, 0.5) is 19.3 Å². The lowest BCUT2D eigenvalue weighted by atomic mass is 10.1. The summed E-state index contributed by atoms with van der Waals surface area (Å²) in [6, 6.07) is 14.3. The minimum absolute atomic E-state index is 0.0246. The van der Waals surface area contributed by atoms with Gasteiger partial charge in [-0.05, 0) is 48.0 Å². The fourth-order valence-electron chi connectivity index (χ4n) is 3.37. The molecule has 1 saturated heterocycles. The first-order valence-electron chi connectivity index (χ1n) is 10.0. The first-order chi connectivity index (χ1) is 15.9. The van der Waals surface area contributed by atoms with Gasteiger partial charge in [-0.3, -0.25) is 4.79 Å². The number of benzene rings is 2. The maximum absolute atomic E-state index is 12.6. The number of hydrogen-bond donors (Lipinski definition) is 2. The Bertz CT molecular complexity index is 1120. The third-order valence-corrected chi connectivity index (χ3v) is 5.03. The van der Waals surface area contributed by atoms with Crippen molar-refractivity contribution in [3.63, 3.8) is 0 Å². The Morgan fingerprint density at radius 3 is 2.52 bits per heavy atom. The Balaban J connectivity index is 1.38. The van der Waals surface area contributed by atoms with Gasteiger partial charge < -0.3 is 24.8 Å². The molecule has 2 amide bonds. The van der Waals surface area contributed by atoms with Crippen LogP contribution < -0.4 is 10.1 Å². The fourth-order valence-corrected chi connectivity index (χ4v) is 3.37. The van der Waals surface area contributed by atoms with Crippen molar-refractivity contribution in [3.05, 3.63) is 72.1 Å². The predicted molar refractivity (Wildman–Crippen MR) is 113 cm³/mol. The van der Waals surface area contributed by atoms with E-state index in [1.54, 1.807) is 42.6 Å². The van der Waals surface area contributed by atoms with Gasteiger partial charge in [0.15, 0.2) is 5.69 Å². The summed E-state index contributed by atoms with van der Waals surface area (Å²) in [5, 5.41) is 16.1. The van der Waals surface area contributed by atoms with Gasteiger partial charge in [0.1, 0.15) is 11.9 Å². The van der Waals surface area contributed by atoms with E-state index in [-0.39, 0.29) is 24.1 Å². The van der Waals surface area contributed by atoms with Crippen LogP contribution in [0.25, 0.3) is 5.69 Å². The molecule has 0 radical (unpaired) electrons. The zero-order chi connectivity index (χ0) is 23.4. The Morgan fingerprint density at radius 2 is 1.85 bits per heavy atom. The molecular formula is C22H20F2N4O5. The van der Waals surface area contributed by atoms with Crippen molar-refractivity contribution in [1.82, 2.24) is 14.7 Å². The van der Waals surface area contributed by atoms with Crippen molar-refractivity contribution in [2.45, 2.75) is 12.7 Å². The molecule has 2 aromatic carbocycles. The molecule has 1 fully saturated rings. The van der Waals surface area contributed by atoms with Crippen molar-refractivity contribution in [2.24, 2.45) is 0 Å². The minimum Gasteiger partial charge on any atom is -0.465 e. The smallest absolute Gasteiger partial charge is 0.407 e. The van der Waals surface area contributed by atoms with E-state index in [4.69, 9.17) is 9.84 Å². The molecule has 3 aromatic rings. The van der Waals surface area contributed by atoms with Crippen LogP contribution in [0.15, 0.2) is 60.8 Å². The Hall–Kier alpha value is -3.99. The van der Waals surface area contributed by atoms with Crippen LogP contribution >= 0.6 is 0 Å². The Labute approximate surface area is 187 Å². The molecule has 0 aliphatic carbocycles. The van der Waals surface area contributed by atoms with Crippen LogP contribution in [0.3, 0.4) is 0 Å². The number of ether oxygens (including phenoxy) is 2. The average molecular weight is 458 g/mol. The highest BCUT2D eigenvalue weighted by Crippen LogP contribution is 2.24. The minimum atomic E-state index is -2.90. The highest BCUT2D eigenvalue weighted by atomic mass is 19.3. The van der Waals surface area contributed by atoms with Crippen molar-refractivity contribution in [1.29, 1.82) is 0 Å². The van der Waals surface area contributed by atoms with Crippen LogP contribution in [0, 0.1) is 0 Å². The number of rotatable bonds is 6. The molecule has 1 aliphatic rings. The monoisotopic (exact) mass is 458 g/mol. The largest absolute Gasteiger partial charge is 0.465 e. The molecule has 1 unspecified atom stereocenters. The number of halogens is 2. The fraction of sp³-hybridized carbons (Fsp3) is 0.227. The van der Waals surface area contributed by atoms with E-state index in [1.807, 2.05) is 0 Å². The normalized spacial score (nSPS) is 16.0. The third kappa shape index (κ3) is 5.44. The molecule has 172 valence electrons. The number of aromatic nitrogens is 2. The number of morpholine rings is 1. The van der Waals surface area contributed by atoms with Crippen LogP contribution in [0.2, 0.25) is 0 Å². The Kier molecular flexibility index (Phi) is 6.50. The molecule has 0 saturated carbocycles. The lowest BCUT2D eigenvalue weighted by Gasteiger charge is -2.31. The van der Waals surface area contributed by atoms with E-state index in [2.05, 4.69) is 15.2 Å². The molecule has 1 aromatic heterocycles. The van der Waals surface area contributed by atoms with E-state index < -0.39 is 18.6 Å². The summed E-state index contributed by atoms with van der Waals surface area (Å²) in [7, 11) is 0. The van der Waals surface area contributed by atoms with Gasteiger partial charge in [-0.1, -0.05) is 12.1 Å². The van der Waals surface area contributed by atoms with Gasteiger partial charge in [-0.25, -0.2) is 9.48 Å². The highest BCUT2D eigenvalue weighted by molar-refractivity contribution is 6.02. The second-order valence-corrected chi connectivity index (χ2v) is 7.18. The van der Waals surface area contributed by atoms with Gasteiger partial charge in [0.2, 0.25) is 0 Å². The molecule has 0 bridgehead atoms. The molecule has 2 heterocycles. The van der Waals surface area contributed by atoms with Crippen LogP contribution in [-0.4, -0.2) is 58.1 Å². The topological polar surface area (TPSA) is 106 Å². The van der Waals surface area contributed by atoms with E-state index in [0.717, 1.165) is 5.56 Å². The second-order valence-electron chi connectivity index (χ2n) is 7.18. The summed E-state index contributed by atoms with van der Waals surface area (Å²) in [6.07, 6.45) is 0.229. The van der Waals surface area contributed by atoms with Gasteiger partial charge in [-0.2, -0.15) is 13.9 Å². The van der Waals surface area contributed by atoms with E-state index in [1.165, 1.54) is 27.8 Å². The molecule has 1 atom stereocenters. The highest BCUT2D eigenvalue weighted by Gasteiger charge is 2.25. The van der Waals surface area contributed by atoms with Crippen molar-refractivity contribution in [3.8, 4) is 11.4 Å². The van der Waals surface area contributed by atoms with Gasteiger partial charge in [-0.15, -0.1) is 0 Å². The number of hydrogen-bond acceptors (Lipinski definition) is 5. The van der Waals surface area contributed by atoms with Crippen molar-refractivity contribution < 1.29 is 33.0 Å². The molecule has 9 nitrogen and oxygen atoms in total. The molecule has 4 rings (SSSR count). The number of carbonyl (C=O) groups excluding carboxylic acids is 1. The maximum Gasteiger partial charge on any atom is 0.407 e. The summed E-state index contributed by atoms with van der Waals surface area (Å²) in [5.74, 6) is -0.401. The first kappa shape index (κ1) is 22.2. The van der Waals surface area contributed by atoms with Crippen LogP contribution in [-0.2, 0) is 4.74 Å². The number of carboxylic acid groups (broad SMARTS) is 1. The summed E-state index contributed by atoms with van der Waals surface area (Å²) in [6.45, 7) is -2.01. The van der Waals surface area contributed by atoms with Gasteiger partial charge in [0, 0.05) is 18.4 Å². The molecule has 33 heavy (non-hydrogen) atoms. The standard InChI is InChI=1S/C22H20F2N4O5/c23-21(24)33-17-7-5-16(6-8-17)28-10-9-18(26-28)20(29)25-15-3-1-14(2-4-15)19-13-27(22(30)31)11-12-32-19/h1-10,19,21H,11-13H2,(H,25,29)(H,30,31). The SMILES string of the molecule is O=C(Nc1ccc(C2CN(C(=O)O)CCO2)cc1)c1ccn(-c2ccc(OC(F)F)cc2)n1. The number of nitrogens with zero attached hydrogens (tertiary/aromatic N) is 3. The maximum atomic E-state index is 12.6. The Morgan fingerprint density at radius 1 is 1.12 bits per heavy atom. The van der Waals surface area contributed by atoms with E-state index >= 15 is 0 Å².